The Hall–Kier alpha value is -2.44. The van der Waals surface area contributed by atoms with Crippen molar-refractivity contribution in [1.82, 2.24) is 18.8 Å². The van der Waals surface area contributed by atoms with E-state index in [2.05, 4.69) is 20.9 Å². The molecule has 40 heavy (non-hydrogen) atoms. The van der Waals surface area contributed by atoms with Gasteiger partial charge in [-0.3, -0.25) is 14.2 Å². The van der Waals surface area contributed by atoms with Crippen LogP contribution in [-0.4, -0.2) is 65.2 Å². The zero-order chi connectivity index (χ0) is 28.4. The molecule has 1 aliphatic carbocycles. The summed E-state index contributed by atoms with van der Waals surface area (Å²) in [6.45, 7) is 2.73. The van der Waals surface area contributed by atoms with Gasteiger partial charge in [-0.15, -0.1) is 0 Å². The number of benzene rings is 2. The van der Waals surface area contributed by atoms with Crippen molar-refractivity contribution in [1.29, 1.82) is 0 Å². The van der Waals surface area contributed by atoms with E-state index in [0.717, 1.165) is 22.9 Å². The molecule has 0 radical (unpaired) electrons. The van der Waals surface area contributed by atoms with Crippen LogP contribution in [0.15, 0.2) is 58.2 Å². The number of hydrogen-bond donors (Lipinski definition) is 0. The first kappa shape index (κ1) is 27.7. The van der Waals surface area contributed by atoms with E-state index in [1.54, 1.807) is 30.0 Å². The summed E-state index contributed by atoms with van der Waals surface area (Å²) in [6.07, 6.45) is 3.33. The fourth-order valence-corrected chi connectivity index (χ4v) is 7.87. The lowest BCUT2D eigenvalue weighted by molar-refractivity contribution is -0.133. The van der Waals surface area contributed by atoms with Crippen LogP contribution in [0.5, 0.6) is 0 Å². The van der Waals surface area contributed by atoms with Crippen molar-refractivity contribution in [2.45, 2.75) is 36.8 Å². The summed E-state index contributed by atoms with van der Waals surface area (Å²) in [5, 5.41) is 0.593. The molecule has 6 rings (SSSR count). The Morgan fingerprint density at radius 1 is 1.05 bits per heavy atom. The molecule has 0 N–H and O–H groups in total. The highest BCUT2D eigenvalue weighted by Gasteiger charge is 2.52. The van der Waals surface area contributed by atoms with Crippen LogP contribution in [0.2, 0.25) is 10.0 Å². The number of rotatable bonds is 6. The van der Waals surface area contributed by atoms with Crippen LogP contribution in [0, 0.1) is 5.92 Å². The first-order chi connectivity index (χ1) is 19.0. The third kappa shape index (κ3) is 4.75. The highest BCUT2D eigenvalue weighted by Crippen LogP contribution is 2.45. The highest BCUT2D eigenvalue weighted by molar-refractivity contribution is 9.10. The van der Waals surface area contributed by atoms with Crippen molar-refractivity contribution < 1.29 is 18.0 Å². The molecule has 1 aromatic heterocycles. The monoisotopic (exact) mass is 665 g/mol. The largest absolute Gasteiger partial charge is 0.340 e. The van der Waals surface area contributed by atoms with E-state index in [1.807, 2.05) is 24.3 Å². The summed E-state index contributed by atoms with van der Waals surface area (Å²) in [6, 6.07) is 12.3. The molecule has 1 atom stereocenters. The normalized spacial score (nSPS) is 21.6. The van der Waals surface area contributed by atoms with Crippen molar-refractivity contribution in [2.24, 2.45) is 5.92 Å². The summed E-state index contributed by atoms with van der Waals surface area (Å²) in [5.74, 6) is 0.000525. The molecule has 2 aromatic carbocycles. The van der Waals surface area contributed by atoms with E-state index in [0.29, 0.717) is 28.8 Å². The Morgan fingerprint density at radius 3 is 2.27 bits per heavy atom. The second kappa shape index (κ2) is 10.1. The van der Waals surface area contributed by atoms with Gasteiger partial charge in [0.1, 0.15) is 5.54 Å². The first-order valence-electron chi connectivity index (χ1n) is 12.9. The smallest absolute Gasteiger partial charge is 0.260 e. The lowest BCUT2D eigenvalue weighted by Crippen LogP contribution is -2.51. The maximum atomic E-state index is 14.2. The minimum Gasteiger partial charge on any atom is -0.340 e. The molecule has 3 heterocycles. The van der Waals surface area contributed by atoms with Crippen molar-refractivity contribution in [2.75, 3.05) is 31.1 Å². The van der Waals surface area contributed by atoms with Crippen LogP contribution in [0.4, 0.5) is 11.6 Å². The molecule has 0 bridgehead atoms. The molecule has 210 valence electrons. The van der Waals surface area contributed by atoms with E-state index < -0.39 is 15.6 Å². The van der Waals surface area contributed by atoms with E-state index >= 15 is 0 Å². The Balaban J connectivity index is 1.40. The number of fused-ring (bicyclic) bond motifs is 1. The summed E-state index contributed by atoms with van der Waals surface area (Å²) >= 11 is 16.0. The number of halogens is 3. The number of carbonyl (C=O) groups excluding carboxylic acids is 2. The molecule has 3 aliphatic rings. The van der Waals surface area contributed by atoms with Crippen molar-refractivity contribution in [3.05, 3.63) is 68.7 Å². The minimum atomic E-state index is -4.06. The molecule has 1 saturated carbocycles. The number of anilines is 2. The second-order valence-corrected chi connectivity index (χ2v) is 14.3. The van der Waals surface area contributed by atoms with Gasteiger partial charge in [-0.2, -0.15) is 4.31 Å². The molecule has 2 fully saturated rings. The zero-order valence-electron chi connectivity index (χ0n) is 21.6. The standard InChI is InChI=1S/C27H26BrCl2N5O4S/c1-27(15-17-2-6-19(28)7-3-17)25(37)34(22-13-20(29)12-21(30)14-22)26-31-16-23(35(26)27)40(38,39)33-10-8-32(9-11-33)24(36)18-4-5-18/h2-3,6-7,12-14,16,18H,4-5,8-11,15H2,1H3. The van der Waals surface area contributed by atoms with Crippen LogP contribution in [0.3, 0.4) is 0 Å². The molecular formula is C27H26BrCl2N5O4S. The van der Waals surface area contributed by atoms with E-state index in [9.17, 15) is 18.0 Å². The fraction of sp³-hybridized carbons (Fsp3) is 0.370. The van der Waals surface area contributed by atoms with Gasteiger partial charge in [0.15, 0.2) is 5.03 Å². The Bertz CT molecular complexity index is 1600. The predicted molar refractivity (Wildman–Crippen MR) is 155 cm³/mol. The number of sulfonamides is 1. The van der Waals surface area contributed by atoms with E-state index in [1.165, 1.54) is 20.0 Å². The van der Waals surface area contributed by atoms with Gasteiger partial charge in [-0.05, 0) is 55.7 Å². The maximum Gasteiger partial charge on any atom is 0.260 e. The fourth-order valence-electron chi connectivity index (χ4n) is 5.48. The number of imidazole rings is 1. The molecule has 0 spiro atoms. The Morgan fingerprint density at radius 2 is 1.68 bits per heavy atom. The predicted octanol–water partition coefficient (Wildman–Crippen LogP) is 4.83. The number of amides is 2. The summed E-state index contributed by atoms with van der Waals surface area (Å²) in [5.41, 5.74) is -0.0778. The maximum absolute atomic E-state index is 14.2. The van der Waals surface area contributed by atoms with Gasteiger partial charge in [-0.1, -0.05) is 51.3 Å². The minimum absolute atomic E-state index is 0.0759. The average Bonchev–Trinajstić information content (AvgIpc) is 3.63. The number of aromatic nitrogens is 2. The number of hydrogen-bond acceptors (Lipinski definition) is 5. The third-order valence-corrected chi connectivity index (χ3v) is 10.5. The topological polar surface area (TPSA) is 95.8 Å². The van der Waals surface area contributed by atoms with Gasteiger partial charge in [0.2, 0.25) is 11.9 Å². The van der Waals surface area contributed by atoms with Crippen LogP contribution in [0.1, 0.15) is 25.3 Å². The summed E-state index contributed by atoms with van der Waals surface area (Å²) < 4.78 is 31.9. The van der Waals surface area contributed by atoms with Crippen molar-refractivity contribution >= 4 is 72.6 Å². The quantitative estimate of drug-likeness (QED) is 0.376. The lowest BCUT2D eigenvalue weighted by atomic mass is 9.92. The van der Waals surface area contributed by atoms with Gasteiger partial charge in [-0.25, -0.2) is 18.3 Å². The lowest BCUT2D eigenvalue weighted by Gasteiger charge is -2.34. The van der Waals surface area contributed by atoms with Gasteiger partial charge >= 0.3 is 0 Å². The van der Waals surface area contributed by atoms with Crippen LogP contribution < -0.4 is 4.90 Å². The Kier molecular flexibility index (Phi) is 7.02. The molecule has 9 nitrogen and oxygen atoms in total. The van der Waals surface area contributed by atoms with E-state index in [-0.39, 0.29) is 48.2 Å². The zero-order valence-corrected chi connectivity index (χ0v) is 25.5. The number of piperazine rings is 1. The van der Waals surface area contributed by atoms with Crippen LogP contribution >= 0.6 is 39.1 Å². The van der Waals surface area contributed by atoms with Crippen LogP contribution in [0.25, 0.3) is 0 Å². The highest BCUT2D eigenvalue weighted by atomic mass is 79.9. The molecule has 3 aromatic rings. The Labute approximate surface area is 250 Å². The molecule has 13 heteroatoms. The third-order valence-electron chi connectivity index (χ3n) is 7.72. The van der Waals surface area contributed by atoms with Gasteiger partial charge in [0.25, 0.3) is 15.9 Å². The molecular weight excluding hydrogens is 641 g/mol. The molecule has 2 aliphatic heterocycles. The molecule has 2 amide bonds. The van der Waals surface area contributed by atoms with Gasteiger partial charge in [0, 0.05) is 53.0 Å². The van der Waals surface area contributed by atoms with Gasteiger partial charge in [0.05, 0.1) is 11.9 Å². The van der Waals surface area contributed by atoms with Crippen LogP contribution in [-0.2, 0) is 31.6 Å². The summed E-state index contributed by atoms with van der Waals surface area (Å²) in [4.78, 5) is 34.3. The van der Waals surface area contributed by atoms with E-state index in [4.69, 9.17) is 23.2 Å². The SMILES string of the molecule is CC1(Cc2ccc(Br)cc2)C(=O)N(c2cc(Cl)cc(Cl)c2)c2ncc(S(=O)(=O)N3CCN(C(=O)C4CC4)CC3)n21. The molecule has 1 unspecified atom stereocenters. The number of nitrogens with zero attached hydrogens (tertiary/aromatic N) is 5. The van der Waals surface area contributed by atoms with Gasteiger partial charge < -0.3 is 4.90 Å². The summed E-state index contributed by atoms with van der Waals surface area (Å²) in [7, 11) is -4.06. The van der Waals surface area contributed by atoms with Crippen molar-refractivity contribution in [3.63, 3.8) is 0 Å². The number of carbonyl (C=O) groups is 2. The molecule has 1 saturated heterocycles. The average molecular weight is 667 g/mol. The first-order valence-corrected chi connectivity index (χ1v) is 15.9. The van der Waals surface area contributed by atoms with Crippen molar-refractivity contribution in [3.8, 4) is 0 Å². The second-order valence-electron chi connectivity index (χ2n) is 10.6.